The standard InChI is InChI=1S/C17H15NO2/c1-11-12-7-3-5-9-14(12)18-17(19)16(11)13-8-4-6-10-15(13)20-2/h3-10H,1-2H3,(H,18,19). The van der Waals surface area contributed by atoms with Crippen molar-refractivity contribution in [1.82, 2.24) is 4.98 Å². The SMILES string of the molecule is COc1ccccc1-c1c(C)c2ccccc2[nH]c1=O. The summed E-state index contributed by atoms with van der Waals surface area (Å²) in [5.41, 5.74) is 3.22. The number of para-hydroxylation sites is 2. The first-order chi connectivity index (χ1) is 9.72. The van der Waals surface area contributed by atoms with Crippen LogP contribution in [0.2, 0.25) is 0 Å². The Balaban J connectivity index is 2.40. The van der Waals surface area contributed by atoms with Gasteiger partial charge in [0.15, 0.2) is 0 Å². The molecule has 0 aliphatic rings. The lowest BCUT2D eigenvalue weighted by Crippen LogP contribution is -2.11. The van der Waals surface area contributed by atoms with Gasteiger partial charge in [-0.25, -0.2) is 0 Å². The second-order valence-corrected chi connectivity index (χ2v) is 4.70. The molecule has 3 aromatic rings. The third kappa shape index (κ3) is 1.88. The summed E-state index contributed by atoms with van der Waals surface area (Å²) in [6.45, 7) is 1.97. The zero-order valence-electron chi connectivity index (χ0n) is 11.4. The number of aromatic amines is 1. The maximum Gasteiger partial charge on any atom is 0.256 e. The summed E-state index contributed by atoms with van der Waals surface area (Å²) in [5, 5.41) is 1.05. The molecule has 0 aliphatic carbocycles. The Bertz CT molecular complexity index is 834. The third-order valence-electron chi connectivity index (χ3n) is 3.56. The van der Waals surface area contributed by atoms with E-state index in [4.69, 9.17) is 4.74 Å². The number of ether oxygens (including phenoxy) is 1. The highest BCUT2D eigenvalue weighted by molar-refractivity contribution is 5.89. The average Bonchev–Trinajstić information content (AvgIpc) is 2.48. The fraction of sp³-hybridized carbons (Fsp3) is 0.118. The van der Waals surface area contributed by atoms with Crippen LogP contribution >= 0.6 is 0 Å². The van der Waals surface area contributed by atoms with Crippen molar-refractivity contribution in [3.63, 3.8) is 0 Å². The first-order valence-corrected chi connectivity index (χ1v) is 6.47. The number of aromatic nitrogens is 1. The van der Waals surface area contributed by atoms with E-state index in [1.165, 1.54) is 0 Å². The van der Waals surface area contributed by atoms with Crippen LogP contribution in [0.1, 0.15) is 5.56 Å². The van der Waals surface area contributed by atoms with Crippen molar-refractivity contribution in [3.05, 3.63) is 64.4 Å². The highest BCUT2D eigenvalue weighted by Crippen LogP contribution is 2.31. The molecule has 0 saturated heterocycles. The molecular formula is C17H15NO2. The second kappa shape index (κ2) is 4.85. The molecule has 0 spiro atoms. The summed E-state index contributed by atoms with van der Waals surface area (Å²) < 4.78 is 5.37. The Labute approximate surface area is 116 Å². The number of benzene rings is 2. The molecular weight excluding hydrogens is 250 g/mol. The summed E-state index contributed by atoms with van der Waals surface area (Å²) in [5.74, 6) is 0.705. The van der Waals surface area contributed by atoms with Gasteiger partial charge in [0.2, 0.25) is 0 Å². The Morgan fingerprint density at radius 3 is 2.50 bits per heavy atom. The number of fused-ring (bicyclic) bond motifs is 1. The van der Waals surface area contributed by atoms with Gasteiger partial charge < -0.3 is 9.72 Å². The summed E-state index contributed by atoms with van der Waals surface area (Å²) in [7, 11) is 1.61. The highest BCUT2D eigenvalue weighted by atomic mass is 16.5. The number of methoxy groups -OCH3 is 1. The third-order valence-corrected chi connectivity index (χ3v) is 3.56. The number of hydrogen-bond donors (Lipinski definition) is 1. The van der Waals surface area contributed by atoms with Crippen LogP contribution in [0.15, 0.2) is 53.3 Å². The molecule has 3 heteroatoms. The van der Waals surface area contributed by atoms with Crippen molar-refractivity contribution in [2.45, 2.75) is 6.92 Å². The van der Waals surface area contributed by atoms with Crippen LogP contribution in [0.3, 0.4) is 0 Å². The molecule has 20 heavy (non-hydrogen) atoms. The van der Waals surface area contributed by atoms with E-state index in [9.17, 15) is 4.79 Å². The van der Waals surface area contributed by atoms with Crippen LogP contribution < -0.4 is 10.3 Å². The predicted octanol–water partition coefficient (Wildman–Crippen LogP) is 3.51. The van der Waals surface area contributed by atoms with Gasteiger partial charge >= 0.3 is 0 Å². The monoisotopic (exact) mass is 265 g/mol. The van der Waals surface area contributed by atoms with Gasteiger partial charge in [-0.3, -0.25) is 4.79 Å². The van der Waals surface area contributed by atoms with Gasteiger partial charge in [-0.2, -0.15) is 0 Å². The quantitative estimate of drug-likeness (QED) is 0.770. The van der Waals surface area contributed by atoms with Crippen molar-refractivity contribution < 1.29 is 4.74 Å². The fourth-order valence-corrected chi connectivity index (χ4v) is 2.58. The van der Waals surface area contributed by atoms with Crippen molar-refractivity contribution >= 4 is 10.9 Å². The molecule has 0 unspecified atom stereocenters. The lowest BCUT2D eigenvalue weighted by atomic mass is 9.98. The summed E-state index contributed by atoms with van der Waals surface area (Å²) in [6, 6.07) is 15.4. The maximum absolute atomic E-state index is 12.4. The second-order valence-electron chi connectivity index (χ2n) is 4.70. The number of aryl methyl sites for hydroxylation is 1. The number of nitrogens with one attached hydrogen (secondary N) is 1. The number of rotatable bonds is 2. The molecule has 0 bridgehead atoms. The number of pyridine rings is 1. The Morgan fingerprint density at radius 2 is 1.70 bits per heavy atom. The maximum atomic E-state index is 12.4. The summed E-state index contributed by atoms with van der Waals surface area (Å²) in [6.07, 6.45) is 0. The zero-order chi connectivity index (χ0) is 14.1. The molecule has 1 N–H and O–H groups in total. The van der Waals surface area contributed by atoms with Crippen molar-refractivity contribution in [3.8, 4) is 16.9 Å². The van der Waals surface area contributed by atoms with Crippen LogP contribution in [0.5, 0.6) is 5.75 Å². The van der Waals surface area contributed by atoms with Gasteiger partial charge in [0.25, 0.3) is 5.56 Å². The number of hydrogen-bond acceptors (Lipinski definition) is 2. The Hall–Kier alpha value is -2.55. The van der Waals surface area contributed by atoms with E-state index >= 15 is 0 Å². The van der Waals surface area contributed by atoms with Gasteiger partial charge in [-0.05, 0) is 24.6 Å². The van der Waals surface area contributed by atoms with Gasteiger partial charge in [0, 0.05) is 16.5 Å². The molecule has 0 saturated carbocycles. The molecule has 2 aromatic carbocycles. The molecule has 3 rings (SSSR count). The molecule has 100 valence electrons. The number of H-pyrrole nitrogens is 1. The first-order valence-electron chi connectivity index (χ1n) is 6.47. The topological polar surface area (TPSA) is 42.1 Å². The lowest BCUT2D eigenvalue weighted by Gasteiger charge is -2.12. The van der Waals surface area contributed by atoms with Gasteiger partial charge in [-0.15, -0.1) is 0 Å². The zero-order valence-corrected chi connectivity index (χ0v) is 11.4. The molecule has 0 radical (unpaired) electrons. The molecule has 0 aliphatic heterocycles. The van der Waals surface area contributed by atoms with E-state index in [2.05, 4.69) is 4.98 Å². The minimum absolute atomic E-state index is 0.0919. The summed E-state index contributed by atoms with van der Waals surface area (Å²) in [4.78, 5) is 15.3. The van der Waals surface area contributed by atoms with E-state index in [1.54, 1.807) is 7.11 Å². The molecule has 0 amide bonds. The van der Waals surface area contributed by atoms with Crippen LogP contribution in [0.4, 0.5) is 0 Å². The van der Waals surface area contributed by atoms with Crippen LogP contribution in [-0.4, -0.2) is 12.1 Å². The van der Waals surface area contributed by atoms with Gasteiger partial charge in [-0.1, -0.05) is 36.4 Å². The van der Waals surface area contributed by atoms with E-state index in [-0.39, 0.29) is 5.56 Å². The van der Waals surface area contributed by atoms with Crippen LogP contribution in [0, 0.1) is 6.92 Å². The van der Waals surface area contributed by atoms with Crippen LogP contribution in [-0.2, 0) is 0 Å². The van der Waals surface area contributed by atoms with E-state index in [1.807, 2.05) is 55.5 Å². The van der Waals surface area contributed by atoms with Crippen molar-refractivity contribution in [2.75, 3.05) is 7.11 Å². The highest BCUT2D eigenvalue weighted by Gasteiger charge is 2.14. The van der Waals surface area contributed by atoms with Crippen LogP contribution in [0.25, 0.3) is 22.0 Å². The molecule has 0 atom stereocenters. The molecule has 3 nitrogen and oxygen atoms in total. The summed E-state index contributed by atoms with van der Waals surface area (Å²) >= 11 is 0. The fourth-order valence-electron chi connectivity index (χ4n) is 2.58. The van der Waals surface area contributed by atoms with Crippen molar-refractivity contribution in [1.29, 1.82) is 0 Å². The Morgan fingerprint density at radius 1 is 1.00 bits per heavy atom. The lowest BCUT2D eigenvalue weighted by molar-refractivity contribution is 0.416. The Kier molecular flexibility index (Phi) is 3.03. The molecule has 1 aromatic heterocycles. The normalized spacial score (nSPS) is 10.7. The van der Waals surface area contributed by atoms with Crippen molar-refractivity contribution in [2.24, 2.45) is 0 Å². The molecule has 1 heterocycles. The van der Waals surface area contributed by atoms with Gasteiger partial charge in [0.1, 0.15) is 5.75 Å². The van der Waals surface area contributed by atoms with E-state index in [0.717, 1.165) is 22.0 Å². The van der Waals surface area contributed by atoms with E-state index < -0.39 is 0 Å². The first kappa shape index (κ1) is 12.5. The smallest absolute Gasteiger partial charge is 0.256 e. The largest absolute Gasteiger partial charge is 0.496 e. The average molecular weight is 265 g/mol. The minimum atomic E-state index is -0.0919. The van der Waals surface area contributed by atoms with Gasteiger partial charge in [0.05, 0.1) is 12.7 Å². The van der Waals surface area contributed by atoms with E-state index in [0.29, 0.717) is 11.3 Å². The minimum Gasteiger partial charge on any atom is -0.496 e. The predicted molar refractivity (Wildman–Crippen MR) is 81.3 cm³/mol. The molecule has 0 fully saturated rings.